The topological polar surface area (TPSA) is 170 Å². The first-order valence-corrected chi connectivity index (χ1v) is 19.6. The molecule has 11 nitrogen and oxygen atoms in total. The number of sulfonamides is 1. The maximum absolute atomic E-state index is 13.8. The van der Waals surface area contributed by atoms with Crippen molar-refractivity contribution in [2.45, 2.75) is 82.6 Å². The van der Waals surface area contributed by atoms with Gasteiger partial charge in [0.1, 0.15) is 5.00 Å². The number of carboxylic acids is 2. The smallest absolute Gasteiger partial charge is 0.335 e. The van der Waals surface area contributed by atoms with Crippen LogP contribution in [0.4, 0.5) is 10.7 Å². The summed E-state index contributed by atoms with van der Waals surface area (Å²) in [7, 11) is -4.03. The first-order chi connectivity index (χ1) is 24.8. The van der Waals surface area contributed by atoms with Gasteiger partial charge in [-0.15, -0.1) is 11.3 Å². The summed E-state index contributed by atoms with van der Waals surface area (Å²) in [6.07, 6.45) is 5.90. The highest BCUT2D eigenvalue weighted by molar-refractivity contribution is 7.89. The van der Waals surface area contributed by atoms with Crippen LogP contribution in [-0.4, -0.2) is 59.3 Å². The van der Waals surface area contributed by atoms with Crippen LogP contribution in [0.5, 0.6) is 0 Å². The average molecular weight is 746 g/mol. The number of aryl methyl sites for hydroxylation is 3. The van der Waals surface area contributed by atoms with Crippen LogP contribution in [0.2, 0.25) is 0 Å². The first kappa shape index (κ1) is 38.4. The lowest BCUT2D eigenvalue weighted by molar-refractivity contribution is -0.137. The zero-order valence-electron chi connectivity index (χ0n) is 29.2. The Morgan fingerprint density at radius 3 is 2.10 bits per heavy atom. The van der Waals surface area contributed by atoms with Crippen LogP contribution < -0.4 is 10.6 Å². The molecule has 0 bridgehead atoms. The molecule has 3 aromatic carbocycles. The SMILES string of the molecule is CC(C)N(CCCC(=O)O)S(=O)(=O)c1cccc(C(=O)Nc2sc3c(c2C(=O)Nc2ccc(CCCc4ccc(C(=O)O)cc4)cc2)CCCC3)c1. The van der Waals surface area contributed by atoms with Gasteiger partial charge in [0.2, 0.25) is 10.0 Å². The maximum Gasteiger partial charge on any atom is 0.335 e. The fraction of sp³-hybridized carbons (Fsp3) is 0.333. The Balaban J connectivity index is 1.27. The van der Waals surface area contributed by atoms with Crippen molar-refractivity contribution in [3.05, 3.63) is 111 Å². The number of fused-ring (bicyclic) bond motifs is 1. The van der Waals surface area contributed by atoms with E-state index in [0.29, 0.717) is 22.7 Å². The molecule has 1 aliphatic rings. The summed E-state index contributed by atoms with van der Waals surface area (Å²) in [6.45, 7) is 3.45. The number of amides is 2. The lowest BCUT2D eigenvalue weighted by Crippen LogP contribution is -2.38. The monoisotopic (exact) mass is 745 g/mol. The van der Waals surface area contributed by atoms with Crippen LogP contribution in [0, 0.1) is 0 Å². The molecule has 4 N–H and O–H groups in total. The molecule has 274 valence electrons. The molecule has 0 saturated carbocycles. The predicted octanol–water partition coefficient (Wildman–Crippen LogP) is 7.27. The molecule has 0 atom stereocenters. The van der Waals surface area contributed by atoms with Gasteiger partial charge in [0, 0.05) is 35.1 Å². The minimum absolute atomic E-state index is 0.0249. The molecule has 13 heteroatoms. The number of nitrogens with zero attached hydrogens (tertiary/aromatic N) is 1. The van der Waals surface area contributed by atoms with Gasteiger partial charge in [-0.05, 0) is 124 Å². The van der Waals surface area contributed by atoms with Gasteiger partial charge in [-0.2, -0.15) is 4.31 Å². The van der Waals surface area contributed by atoms with E-state index in [0.717, 1.165) is 60.1 Å². The number of carbonyl (C=O) groups excluding carboxylic acids is 2. The Hall–Kier alpha value is -4.85. The van der Waals surface area contributed by atoms with Crippen molar-refractivity contribution in [1.82, 2.24) is 4.31 Å². The third kappa shape index (κ3) is 9.52. The number of benzene rings is 3. The molecule has 0 fully saturated rings. The number of anilines is 2. The fourth-order valence-corrected chi connectivity index (χ4v) is 9.31. The third-order valence-corrected chi connectivity index (χ3v) is 12.3. The van der Waals surface area contributed by atoms with Gasteiger partial charge in [-0.1, -0.05) is 30.3 Å². The summed E-state index contributed by atoms with van der Waals surface area (Å²) in [5.41, 5.74) is 4.49. The Morgan fingerprint density at radius 1 is 0.808 bits per heavy atom. The molecule has 1 aromatic heterocycles. The van der Waals surface area contributed by atoms with Crippen molar-refractivity contribution in [3.8, 4) is 0 Å². The van der Waals surface area contributed by atoms with E-state index in [1.54, 1.807) is 26.0 Å². The molecular formula is C39H43N3O8S2. The Morgan fingerprint density at radius 2 is 1.46 bits per heavy atom. The molecule has 52 heavy (non-hydrogen) atoms. The predicted molar refractivity (Wildman–Crippen MR) is 201 cm³/mol. The van der Waals surface area contributed by atoms with Gasteiger partial charge >= 0.3 is 11.9 Å². The van der Waals surface area contributed by atoms with E-state index in [-0.39, 0.29) is 41.3 Å². The van der Waals surface area contributed by atoms with Crippen molar-refractivity contribution in [2.24, 2.45) is 0 Å². The molecule has 1 heterocycles. The summed E-state index contributed by atoms with van der Waals surface area (Å²) >= 11 is 1.37. The van der Waals surface area contributed by atoms with Crippen LogP contribution in [0.25, 0.3) is 0 Å². The zero-order chi connectivity index (χ0) is 37.4. The number of hydrogen-bond donors (Lipinski definition) is 4. The van der Waals surface area contributed by atoms with Crippen LogP contribution in [0.1, 0.15) is 98.6 Å². The zero-order valence-corrected chi connectivity index (χ0v) is 30.8. The van der Waals surface area contributed by atoms with Crippen molar-refractivity contribution in [1.29, 1.82) is 0 Å². The molecule has 5 rings (SSSR count). The highest BCUT2D eigenvalue weighted by Crippen LogP contribution is 2.39. The summed E-state index contributed by atoms with van der Waals surface area (Å²) in [5, 5.41) is 24.4. The van der Waals surface area contributed by atoms with Gasteiger partial charge in [0.15, 0.2) is 0 Å². The highest BCUT2D eigenvalue weighted by Gasteiger charge is 2.29. The highest BCUT2D eigenvalue weighted by atomic mass is 32.2. The van der Waals surface area contributed by atoms with E-state index in [1.807, 2.05) is 36.4 Å². The van der Waals surface area contributed by atoms with E-state index in [1.165, 1.54) is 39.9 Å². The lowest BCUT2D eigenvalue weighted by Gasteiger charge is -2.26. The number of carboxylic acid groups (broad SMARTS) is 2. The minimum atomic E-state index is -4.03. The molecule has 4 aromatic rings. The summed E-state index contributed by atoms with van der Waals surface area (Å²) in [5.74, 6) is -2.84. The normalized spacial score (nSPS) is 12.8. The fourth-order valence-electron chi connectivity index (χ4n) is 6.30. The maximum atomic E-state index is 13.8. The molecule has 2 amide bonds. The molecule has 0 aliphatic heterocycles. The third-order valence-electron chi connectivity index (χ3n) is 9.02. The van der Waals surface area contributed by atoms with Crippen molar-refractivity contribution >= 4 is 55.8 Å². The van der Waals surface area contributed by atoms with E-state index in [2.05, 4.69) is 10.6 Å². The number of hydrogen-bond acceptors (Lipinski definition) is 7. The van der Waals surface area contributed by atoms with E-state index >= 15 is 0 Å². The van der Waals surface area contributed by atoms with Gasteiger partial charge in [-0.3, -0.25) is 14.4 Å². The Kier molecular flexibility index (Phi) is 12.6. The van der Waals surface area contributed by atoms with Crippen molar-refractivity contribution < 1.29 is 37.8 Å². The number of aromatic carboxylic acids is 1. The quantitative estimate of drug-likeness (QED) is 0.0928. The van der Waals surface area contributed by atoms with Crippen molar-refractivity contribution in [3.63, 3.8) is 0 Å². The van der Waals surface area contributed by atoms with E-state index < -0.39 is 33.9 Å². The van der Waals surface area contributed by atoms with Gasteiger partial charge in [0.05, 0.1) is 16.0 Å². The second-order valence-corrected chi connectivity index (χ2v) is 16.1. The molecule has 0 unspecified atom stereocenters. The second kappa shape index (κ2) is 17.1. The number of thiophene rings is 1. The Labute approximate surface area is 307 Å². The number of aliphatic carboxylic acids is 1. The van der Waals surface area contributed by atoms with Gasteiger partial charge in [-0.25, -0.2) is 13.2 Å². The molecular weight excluding hydrogens is 703 g/mol. The molecule has 0 radical (unpaired) electrons. The van der Waals surface area contributed by atoms with Gasteiger partial charge in [0.25, 0.3) is 11.8 Å². The van der Waals surface area contributed by atoms with Gasteiger partial charge < -0.3 is 20.8 Å². The number of nitrogens with one attached hydrogen (secondary N) is 2. The van der Waals surface area contributed by atoms with Crippen LogP contribution >= 0.6 is 11.3 Å². The Bertz CT molecular complexity index is 2040. The largest absolute Gasteiger partial charge is 0.481 e. The van der Waals surface area contributed by atoms with E-state index in [9.17, 15) is 27.6 Å². The molecule has 0 saturated heterocycles. The van der Waals surface area contributed by atoms with E-state index in [4.69, 9.17) is 10.2 Å². The number of rotatable bonds is 16. The average Bonchev–Trinajstić information content (AvgIpc) is 3.48. The summed E-state index contributed by atoms with van der Waals surface area (Å²) in [6, 6.07) is 19.8. The molecule has 1 aliphatic carbocycles. The molecule has 0 spiro atoms. The lowest BCUT2D eigenvalue weighted by atomic mass is 9.95. The number of carbonyl (C=O) groups is 4. The van der Waals surface area contributed by atoms with Crippen LogP contribution in [-0.2, 0) is 40.5 Å². The standard InChI is InChI=1S/C39H43N3O8S2/c1-25(2)42(23-7-14-34(43)44)52(49,50)31-11-6-10-29(24-31)36(45)41-38-35(32-12-3-4-13-33(32)51-38)37(46)40-30-21-17-27(18-22-30)9-5-8-26-15-19-28(20-16-26)39(47)48/h6,10-11,15-22,24-25H,3-5,7-9,12-14,23H2,1-2H3,(H,40,46)(H,41,45)(H,43,44)(H,47,48). The minimum Gasteiger partial charge on any atom is -0.481 e. The van der Waals surface area contributed by atoms with Crippen LogP contribution in [0.3, 0.4) is 0 Å². The summed E-state index contributed by atoms with van der Waals surface area (Å²) < 4.78 is 28.4. The summed E-state index contributed by atoms with van der Waals surface area (Å²) in [4.78, 5) is 50.5. The van der Waals surface area contributed by atoms with Crippen LogP contribution in [0.15, 0.2) is 77.7 Å². The second-order valence-electron chi connectivity index (χ2n) is 13.1. The first-order valence-electron chi connectivity index (χ1n) is 17.4. The van der Waals surface area contributed by atoms with Crippen molar-refractivity contribution in [2.75, 3.05) is 17.2 Å².